The van der Waals surface area contributed by atoms with Gasteiger partial charge in [-0.05, 0) is 18.4 Å². The number of benzene rings is 1. The largest absolute Gasteiger partial charge is 0.355 e. The summed E-state index contributed by atoms with van der Waals surface area (Å²) in [5.41, 5.74) is 2.15. The van der Waals surface area contributed by atoms with E-state index in [4.69, 9.17) is 0 Å². The van der Waals surface area contributed by atoms with Crippen LogP contribution in [-0.4, -0.2) is 89.9 Å². The standard InChI is InChI=1S/C24H35N7O.HI/c1-25-24(29(2)18-22-27-17-21(28-22)19-7-4-3-5-8-19)26-11-12-30-13-15-31(16-14-30)23(32)20-9-6-10-20;/h3-5,7-8,17,20H,6,9-16,18H2,1-2H3,(H,25,26)(H,27,28);1H. The lowest BCUT2D eigenvalue weighted by molar-refractivity contribution is -0.139. The van der Waals surface area contributed by atoms with Gasteiger partial charge in [0, 0.05) is 59.3 Å². The Hall–Kier alpha value is -2.14. The summed E-state index contributed by atoms with van der Waals surface area (Å²) in [7, 11) is 3.83. The van der Waals surface area contributed by atoms with Gasteiger partial charge in [-0.25, -0.2) is 4.98 Å². The number of aliphatic imine (C=N–C) groups is 1. The molecule has 1 aromatic heterocycles. The summed E-state index contributed by atoms with van der Waals surface area (Å²) in [6.45, 7) is 6.01. The van der Waals surface area contributed by atoms with Gasteiger partial charge in [0.2, 0.25) is 5.91 Å². The van der Waals surface area contributed by atoms with Gasteiger partial charge in [-0.1, -0.05) is 36.8 Å². The summed E-state index contributed by atoms with van der Waals surface area (Å²) in [6, 6.07) is 10.2. The van der Waals surface area contributed by atoms with Crippen molar-refractivity contribution in [1.29, 1.82) is 0 Å². The lowest BCUT2D eigenvalue weighted by atomic mass is 9.84. The second-order valence-electron chi connectivity index (χ2n) is 8.73. The fourth-order valence-corrected chi connectivity index (χ4v) is 4.32. The molecular weight excluding hydrogens is 529 g/mol. The van der Waals surface area contributed by atoms with Crippen LogP contribution in [0.2, 0.25) is 0 Å². The third-order valence-electron chi connectivity index (χ3n) is 6.52. The first-order chi connectivity index (χ1) is 15.6. The van der Waals surface area contributed by atoms with E-state index in [-0.39, 0.29) is 24.0 Å². The third-order valence-corrected chi connectivity index (χ3v) is 6.52. The van der Waals surface area contributed by atoms with Crippen molar-refractivity contribution in [3.8, 4) is 11.3 Å². The molecule has 1 aliphatic heterocycles. The van der Waals surface area contributed by atoms with Crippen LogP contribution in [0.1, 0.15) is 25.1 Å². The number of guanidine groups is 1. The normalized spacial score (nSPS) is 17.3. The Morgan fingerprint density at radius 1 is 1.21 bits per heavy atom. The molecule has 9 heteroatoms. The molecule has 2 heterocycles. The van der Waals surface area contributed by atoms with Crippen LogP contribution in [0.3, 0.4) is 0 Å². The van der Waals surface area contributed by atoms with Crippen molar-refractivity contribution >= 4 is 35.8 Å². The molecule has 1 aromatic carbocycles. The number of nitrogens with zero attached hydrogens (tertiary/aromatic N) is 5. The highest BCUT2D eigenvalue weighted by atomic mass is 127. The predicted octanol–water partition coefficient (Wildman–Crippen LogP) is 2.65. The van der Waals surface area contributed by atoms with Gasteiger partial charge in [-0.15, -0.1) is 24.0 Å². The molecule has 1 saturated heterocycles. The molecule has 1 amide bonds. The smallest absolute Gasteiger partial charge is 0.225 e. The maximum Gasteiger partial charge on any atom is 0.225 e. The maximum atomic E-state index is 12.4. The van der Waals surface area contributed by atoms with Gasteiger partial charge in [-0.3, -0.25) is 14.7 Å². The Labute approximate surface area is 213 Å². The molecule has 1 saturated carbocycles. The highest BCUT2D eigenvalue weighted by Gasteiger charge is 2.31. The number of rotatable bonds is 7. The molecule has 180 valence electrons. The first-order valence-electron chi connectivity index (χ1n) is 11.7. The van der Waals surface area contributed by atoms with Crippen molar-refractivity contribution < 1.29 is 4.79 Å². The zero-order valence-electron chi connectivity index (χ0n) is 19.7. The number of carbonyl (C=O) groups excluding carboxylic acids is 1. The van der Waals surface area contributed by atoms with Crippen LogP contribution in [0.25, 0.3) is 11.3 Å². The van der Waals surface area contributed by atoms with Gasteiger partial charge in [0.15, 0.2) is 5.96 Å². The van der Waals surface area contributed by atoms with E-state index < -0.39 is 0 Å². The number of piperazine rings is 1. The minimum absolute atomic E-state index is 0. The fourth-order valence-electron chi connectivity index (χ4n) is 4.32. The van der Waals surface area contributed by atoms with E-state index in [2.05, 4.69) is 47.1 Å². The molecule has 2 aliphatic rings. The predicted molar refractivity (Wildman–Crippen MR) is 143 cm³/mol. The molecule has 0 bridgehead atoms. The second kappa shape index (κ2) is 12.4. The Bertz CT molecular complexity index is 905. The quantitative estimate of drug-likeness (QED) is 0.307. The minimum atomic E-state index is 0. The summed E-state index contributed by atoms with van der Waals surface area (Å²) in [5, 5.41) is 3.46. The number of nitrogens with one attached hydrogen (secondary N) is 2. The van der Waals surface area contributed by atoms with Gasteiger partial charge in [0.05, 0.1) is 18.4 Å². The number of halogens is 1. The summed E-state index contributed by atoms with van der Waals surface area (Å²) in [4.78, 5) is 31.3. The van der Waals surface area contributed by atoms with E-state index in [1.807, 2.05) is 31.4 Å². The Morgan fingerprint density at radius 2 is 1.94 bits per heavy atom. The summed E-state index contributed by atoms with van der Waals surface area (Å²) in [6.07, 6.45) is 5.26. The van der Waals surface area contributed by atoms with Crippen LogP contribution < -0.4 is 5.32 Å². The van der Waals surface area contributed by atoms with E-state index in [1.54, 1.807) is 7.05 Å². The number of carbonyl (C=O) groups is 1. The molecule has 33 heavy (non-hydrogen) atoms. The summed E-state index contributed by atoms with van der Waals surface area (Å²) < 4.78 is 0. The molecule has 0 spiro atoms. The average Bonchev–Trinajstić information content (AvgIpc) is 3.25. The van der Waals surface area contributed by atoms with Crippen LogP contribution in [0, 0.1) is 5.92 Å². The van der Waals surface area contributed by atoms with Crippen LogP contribution in [0.15, 0.2) is 41.5 Å². The highest BCUT2D eigenvalue weighted by molar-refractivity contribution is 14.0. The SMILES string of the molecule is CN=C(NCCN1CCN(C(=O)C2CCC2)CC1)N(C)Cc1ncc(-c2ccccc2)[nH]1.I. The molecule has 4 rings (SSSR count). The molecule has 2 N–H and O–H groups in total. The van der Waals surface area contributed by atoms with Crippen molar-refractivity contribution in [3.63, 3.8) is 0 Å². The first-order valence-corrected chi connectivity index (χ1v) is 11.7. The molecule has 1 aliphatic carbocycles. The Kier molecular flexibility index (Phi) is 9.54. The van der Waals surface area contributed by atoms with Gasteiger partial charge in [0.1, 0.15) is 5.82 Å². The Morgan fingerprint density at radius 3 is 2.58 bits per heavy atom. The zero-order valence-corrected chi connectivity index (χ0v) is 22.0. The topological polar surface area (TPSA) is 79.9 Å². The number of aromatic amines is 1. The number of hydrogen-bond donors (Lipinski definition) is 2. The molecule has 0 unspecified atom stereocenters. The van der Waals surface area contributed by atoms with Crippen molar-refractivity contribution in [2.45, 2.75) is 25.8 Å². The monoisotopic (exact) mass is 565 g/mol. The van der Waals surface area contributed by atoms with Crippen molar-refractivity contribution in [2.75, 3.05) is 53.4 Å². The van der Waals surface area contributed by atoms with Gasteiger partial charge >= 0.3 is 0 Å². The number of aromatic nitrogens is 2. The molecule has 2 aromatic rings. The van der Waals surface area contributed by atoms with Gasteiger partial charge in [0.25, 0.3) is 0 Å². The molecule has 0 radical (unpaired) electrons. The minimum Gasteiger partial charge on any atom is -0.355 e. The second-order valence-corrected chi connectivity index (χ2v) is 8.73. The highest BCUT2D eigenvalue weighted by Crippen LogP contribution is 2.28. The lowest BCUT2D eigenvalue weighted by Crippen LogP contribution is -2.52. The van der Waals surface area contributed by atoms with E-state index in [1.165, 1.54) is 6.42 Å². The van der Waals surface area contributed by atoms with E-state index in [0.29, 0.717) is 18.4 Å². The Balaban J connectivity index is 0.00000306. The van der Waals surface area contributed by atoms with Crippen molar-refractivity contribution in [1.82, 2.24) is 30.0 Å². The number of imidazole rings is 1. The first kappa shape index (κ1) is 25.5. The average molecular weight is 566 g/mol. The number of H-pyrrole nitrogens is 1. The number of hydrogen-bond acceptors (Lipinski definition) is 4. The molecular formula is C24H36IN7O. The molecule has 2 fully saturated rings. The van der Waals surface area contributed by atoms with Crippen molar-refractivity contribution in [2.24, 2.45) is 10.9 Å². The van der Waals surface area contributed by atoms with E-state index in [0.717, 1.165) is 75.2 Å². The zero-order chi connectivity index (χ0) is 22.3. The number of amides is 1. The molecule has 8 nitrogen and oxygen atoms in total. The van der Waals surface area contributed by atoms with E-state index >= 15 is 0 Å². The third kappa shape index (κ3) is 6.69. The van der Waals surface area contributed by atoms with Crippen LogP contribution in [0.4, 0.5) is 0 Å². The van der Waals surface area contributed by atoms with Crippen molar-refractivity contribution in [3.05, 3.63) is 42.4 Å². The maximum absolute atomic E-state index is 12.4. The lowest BCUT2D eigenvalue weighted by Gasteiger charge is -2.38. The van der Waals surface area contributed by atoms with Gasteiger partial charge < -0.3 is 20.1 Å². The summed E-state index contributed by atoms with van der Waals surface area (Å²) >= 11 is 0. The van der Waals surface area contributed by atoms with Crippen LogP contribution >= 0.6 is 24.0 Å². The molecule has 0 atom stereocenters. The van der Waals surface area contributed by atoms with Crippen LogP contribution in [-0.2, 0) is 11.3 Å². The summed E-state index contributed by atoms with van der Waals surface area (Å²) in [5.74, 6) is 2.44. The van der Waals surface area contributed by atoms with E-state index in [9.17, 15) is 4.79 Å². The fraction of sp³-hybridized carbons (Fsp3) is 0.542. The van der Waals surface area contributed by atoms with Gasteiger partial charge in [-0.2, -0.15) is 0 Å². The van der Waals surface area contributed by atoms with Crippen LogP contribution in [0.5, 0.6) is 0 Å².